The van der Waals surface area contributed by atoms with Crippen LogP contribution >= 0.6 is 11.3 Å². The Morgan fingerprint density at radius 1 is 1.21 bits per heavy atom. The van der Waals surface area contributed by atoms with E-state index in [-0.39, 0.29) is 12.1 Å². The lowest BCUT2D eigenvalue weighted by molar-refractivity contribution is -0.0287. The standard InChI is InChI=1S/C18H23N3O2S/c22-18(20-12-17-7-4-10-24-17)19-11-16-14-21(8-9-23-16)13-15-5-2-1-3-6-15/h1-7,10,16H,8-9,11-14H2,(H2,19,20,22). The molecular formula is C18H23N3O2S. The summed E-state index contributed by atoms with van der Waals surface area (Å²) in [6.07, 6.45) is 0.0370. The van der Waals surface area contributed by atoms with E-state index in [0.29, 0.717) is 19.7 Å². The third-order valence-electron chi connectivity index (χ3n) is 3.97. The Labute approximate surface area is 146 Å². The Morgan fingerprint density at radius 2 is 2.08 bits per heavy atom. The van der Waals surface area contributed by atoms with Crippen molar-refractivity contribution in [3.05, 3.63) is 58.3 Å². The minimum Gasteiger partial charge on any atom is -0.374 e. The van der Waals surface area contributed by atoms with Crippen molar-refractivity contribution in [2.45, 2.75) is 19.2 Å². The zero-order chi connectivity index (χ0) is 16.6. The molecule has 1 aliphatic heterocycles. The lowest BCUT2D eigenvalue weighted by atomic mass is 10.2. The molecule has 0 saturated carbocycles. The molecule has 3 rings (SSSR count). The number of urea groups is 1. The molecule has 2 N–H and O–H groups in total. The molecule has 1 aromatic heterocycles. The first-order valence-electron chi connectivity index (χ1n) is 8.21. The van der Waals surface area contributed by atoms with E-state index in [9.17, 15) is 4.79 Å². The summed E-state index contributed by atoms with van der Waals surface area (Å²) in [6, 6.07) is 14.3. The first-order chi connectivity index (χ1) is 11.8. The van der Waals surface area contributed by atoms with Crippen LogP contribution in [0, 0.1) is 0 Å². The average molecular weight is 345 g/mol. The van der Waals surface area contributed by atoms with E-state index in [1.165, 1.54) is 5.56 Å². The molecule has 2 amide bonds. The third kappa shape index (κ3) is 5.33. The summed E-state index contributed by atoms with van der Waals surface area (Å²) >= 11 is 1.64. The van der Waals surface area contributed by atoms with Crippen LogP contribution < -0.4 is 10.6 Å². The summed E-state index contributed by atoms with van der Waals surface area (Å²) in [7, 11) is 0. The Kier molecular flexibility index (Phi) is 6.23. The second-order valence-electron chi connectivity index (χ2n) is 5.86. The first kappa shape index (κ1) is 17.0. The number of morpholine rings is 1. The highest BCUT2D eigenvalue weighted by Crippen LogP contribution is 2.10. The van der Waals surface area contributed by atoms with Crippen LogP contribution in [-0.2, 0) is 17.8 Å². The van der Waals surface area contributed by atoms with Gasteiger partial charge in [0.25, 0.3) is 0 Å². The van der Waals surface area contributed by atoms with Gasteiger partial charge in [-0.3, -0.25) is 4.90 Å². The number of rotatable bonds is 6. The predicted molar refractivity (Wildman–Crippen MR) is 96.0 cm³/mol. The van der Waals surface area contributed by atoms with E-state index < -0.39 is 0 Å². The fourth-order valence-corrected chi connectivity index (χ4v) is 3.38. The monoisotopic (exact) mass is 345 g/mol. The van der Waals surface area contributed by atoms with Crippen LogP contribution in [0.2, 0.25) is 0 Å². The number of nitrogens with zero attached hydrogens (tertiary/aromatic N) is 1. The van der Waals surface area contributed by atoms with Gasteiger partial charge in [-0.1, -0.05) is 36.4 Å². The van der Waals surface area contributed by atoms with Crippen molar-refractivity contribution >= 4 is 17.4 Å². The van der Waals surface area contributed by atoms with Crippen molar-refractivity contribution in [1.29, 1.82) is 0 Å². The zero-order valence-electron chi connectivity index (χ0n) is 13.6. The smallest absolute Gasteiger partial charge is 0.315 e. The number of thiophene rings is 1. The summed E-state index contributed by atoms with van der Waals surface area (Å²) in [5.41, 5.74) is 1.31. The van der Waals surface area contributed by atoms with Gasteiger partial charge < -0.3 is 15.4 Å². The molecule has 6 heteroatoms. The number of carbonyl (C=O) groups excluding carboxylic acids is 1. The second kappa shape index (κ2) is 8.82. The van der Waals surface area contributed by atoms with Gasteiger partial charge in [-0.25, -0.2) is 4.79 Å². The fraction of sp³-hybridized carbons (Fsp3) is 0.389. The van der Waals surface area contributed by atoms with Gasteiger partial charge in [0.1, 0.15) is 0 Å². The topological polar surface area (TPSA) is 53.6 Å². The Morgan fingerprint density at radius 3 is 2.88 bits per heavy atom. The SMILES string of the molecule is O=C(NCc1cccs1)NCC1CN(Cc2ccccc2)CCO1. The molecule has 5 nitrogen and oxygen atoms in total. The molecule has 128 valence electrons. The summed E-state index contributed by atoms with van der Waals surface area (Å²) in [6.45, 7) is 4.48. The lowest BCUT2D eigenvalue weighted by Crippen LogP contribution is -2.48. The number of hydrogen-bond donors (Lipinski definition) is 2. The van der Waals surface area contributed by atoms with Crippen molar-refractivity contribution in [1.82, 2.24) is 15.5 Å². The molecule has 0 aliphatic carbocycles. The summed E-state index contributed by atoms with van der Waals surface area (Å²) in [4.78, 5) is 15.4. The largest absolute Gasteiger partial charge is 0.374 e. The molecular weight excluding hydrogens is 322 g/mol. The van der Waals surface area contributed by atoms with Gasteiger partial charge in [-0.05, 0) is 17.0 Å². The number of hydrogen-bond acceptors (Lipinski definition) is 4. The van der Waals surface area contributed by atoms with E-state index in [1.807, 2.05) is 23.6 Å². The van der Waals surface area contributed by atoms with Crippen molar-refractivity contribution in [3.8, 4) is 0 Å². The van der Waals surface area contributed by atoms with Crippen molar-refractivity contribution in [3.63, 3.8) is 0 Å². The van der Waals surface area contributed by atoms with E-state index in [2.05, 4.69) is 39.8 Å². The van der Waals surface area contributed by atoms with Crippen LogP contribution in [0.25, 0.3) is 0 Å². The maximum Gasteiger partial charge on any atom is 0.315 e. The molecule has 1 aliphatic rings. The summed E-state index contributed by atoms with van der Waals surface area (Å²) in [5, 5.41) is 7.78. The van der Waals surface area contributed by atoms with Crippen LogP contribution in [0.3, 0.4) is 0 Å². The maximum absolute atomic E-state index is 11.9. The van der Waals surface area contributed by atoms with Gasteiger partial charge in [0.05, 0.1) is 19.3 Å². The molecule has 1 fully saturated rings. The molecule has 0 radical (unpaired) electrons. The Balaban J connectivity index is 1.38. The number of carbonyl (C=O) groups is 1. The molecule has 0 bridgehead atoms. The van der Waals surface area contributed by atoms with Gasteiger partial charge >= 0.3 is 6.03 Å². The van der Waals surface area contributed by atoms with Gasteiger partial charge in [0, 0.05) is 31.1 Å². The maximum atomic E-state index is 11.9. The van der Waals surface area contributed by atoms with Crippen molar-refractivity contribution < 1.29 is 9.53 Å². The highest BCUT2D eigenvalue weighted by Gasteiger charge is 2.20. The van der Waals surface area contributed by atoms with Crippen molar-refractivity contribution in [2.75, 3.05) is 26.2 Å². The second-order valence-corrected chi connectivity index (χ2v) is 6.89. The average Bonchev–Trinajstić information content (AvgIpc) is 3.13. The number of benzene rings is 1. The molecule has 1 atom stereocenters. The molecule has 2 aromatic rings. The minimum absolute atomic E-state index is 0.0370. The van der Waals surface area contributed by atoms with E-state index >= 15 is 0 Å². The zero-order valence-corrected chi connectivity index (χ0v) is 14.4. The van der Waals surface area contributed by atoms with Gasteiger partial charge in [0.15, 0.2) is 0 Å². The minimum atomic E-state index is -0.146. The van der Waals surface area contributed by atoms with Crippen molar-refractivity contribution in [2.24, 2.45) is 0 Å². The van der Waals surface area contributed by atoms with Crippen LogP contribution in [0.4, 0.5) is 4.79 Å². The Bertz CT molecular complexity index is 618. The summed E-state index contributed by atoms with van der Waals surface area (Å²) < 4.78 is 5.76. The van der Waals surface area contributed by atoms with E-state index in [4.69, 9.17) is 4.74 Å². The predicted octanol–water partition coefficient (Wildman–Crippen LogP) is 2.45. The van der Waals surface area contributed by atoms with Gasteiger partial charge in [-0.15, -0.1) is 11.3 Å². The van der Waals surface area contributed by atoms with Crippen LogP contribution in [0.1, 0.15) is 10.4 Å². The molecule has 2 heterocycles. The molecule has 1 unspecified atom stereocenters. The lowest BCUT2D eigenvalue weighted by Gasteiger charge is -2.33. The molecule has 0 spiro atoms. The molecule has 24 heavy (non-hydrogen) atoms. The first-order valence-corrected chi connectivity index (χ1v) is 9.09. The van der Waals surface area contributed by atoms with Crippen LogP contribution in [-0.4, -0.2) is 43.3 Å². The Hall–Kier alpha value is -1.89. The number of amides is 2. The fourth-order valence-electron chi connectivity index (χ4n) is 2.74. The normalized spacial score (nSPS) is 18.2. The number of nitrogens with one attached hydrogen (secondary N) is 2. The third-order valence-corrected chi connectivity index (χ3v) is 4.84. The van der Waals surface area contributed by atoms with Crippen LogP contribution in [0.15, 0.2) is 47.8 Å². The highest BCUT2D eigenvalue weighted by atomic mass is 32.1. The van der Waals surface area contributed by atoms with E-state index in [1.54, 1.807) is 11.3 Å². The van der Waals surface area contributed by atoms with Gasteiger partial charge in [0.2, 0.25) is 0 Å². The quantitative estimate of drug-likeness (QED) is 0.846. The molecule has 1 saturated heterocycles. The summed E-state index contributed by atoms with van der Waals surface area (Å²) in [5.74, 6) is 0. The van der Waals surface area contributed by atoms with Crippen LogP contribution in [0.5, 0.6) is 0 Å². The van der Waals surface area contributed by atoms with E-state index in [0.717, 1.165) is 24.5 Å². The molecule has 1 aromatic carbocycles. The van der Waals surface area contributed by atoms with Gasteiger partial charge in [-0.2, -0.15) is 0 Å². The number of ether oxygens (including phenoxy) is 1. The highest BCUT2D eigenvalue weighted by molar-refractivity contribution is 7.09.